The van der Waals surface area contributed by atoms with Crippen molar-refractivity contribution in [3.63, 3.8) is 0 Å². The number of hydrogen-bond acceptors (Lipinski definition) is 3. The highest BCUT2D eigenvalue weighted by Crippen LogP contribution is 2.17. The van der Waals surface area contributed by atoms with Gasteiger partial charge in [-0.05, 0) is 44.3 Å². The zero-order valence-electron chi connectivity index (χ0n) is 14.2. The molecule has 1 N–H and O–H groups in total. The Hall–Kier alpha value is -2.66. The Morgan fingerprint density at radius 3 is 2.71 bits per heavy atom. The van der Waals surface area contributed by atoms with Crippen LogP contribution in [0.1, 0.15) is 27.7 Å². The minimum atomic E-state index is -0.154. The number of pyridine rings is 1. The molecule has 124 valence electrons. The highest BCUT2D eigenvalue weighted by atomic mass is 16.1. The number of rotatable bonds is 5. The van der Waals surface area contributed by atoms with Crippen LogP contribution in [0.2, 0.25) is 0 Å². The molecule has 0 radical (unpaired) electrons. The second-order valence-corrected chi connectivity index (χ2v) is 6.20. The Morgan fingerprint density at radius 2 is 2.00 bits per heavy atom. The van der Waals surface area contributed by atoms with Crippen LogP contribution in [0.5, 0.6) is 0 Å². The van der Waals surface area contributed by atoms with E-state index in [-0.39, 0.29) is 11.9 Å². The Morgan fingerprint density at radius 1 is 1.25 bits per heavy atom. The first-order chi connectivity index (χ1) is 11.5. The molecule has 0 spiro atoms. The van der Waals surface area contributed by atoms with Gasteiger partial charge in [0.2, 0.25) is 0 Å². The summed E-state index contributed by atoms with van der Waals surface area (Å²) in [5, 5.41) is 3.00. The lowest BCUT2D eigenvalue weighted by Crippen LogP contribution is -2.34. The first-order valence-corrected chi connectivity index (χ1v) is 7.99. The van der Waals surface area contributed by atoms with Gasteiger partial charge in [0.05, 0.1) is 6.04 Å². The number of amides is 1. The molecule has 5 nitrogen and oxygen atoms in total. The number of aromatic nitrogens is 2. The largest absolute Gasteiger partial charge is 0.349 e. The number of nitrogens with zero attached hydrogens (tertiary/aromatic N) is 3. The molecule has 0 aliphatic heterocycles. The third-order valence-corrected chi connectivity index (χ3v) is 4.11. The summed E-state index contributed by atoms with van der Waals surface area (Å²) in [4.78, 5) is 19.0. The fraction of sp³-hybridized carbons (Fsp3) is 0.263. The van der Waals surface area contributed by atoms with Gasteiger partial charge in [-0.25, -0.2) is 4.98 Å². The van der Waals surface area contributed by atoms with Gasteiger partial charge in [-0.2, -0.15) is 0 Å². The summed E-state index contributed by atoms with van der Waals surface area (Å²) in [6.45, 7) is 2.54. The van der Waals surface area contributed by atoms with E-state index in [0.717, 1.165) is 11.2 Å². The molecule has 0 bridgehead atoms. The van der Waals surface area contributed by atoms with Gasteiger partial charge in [0.25, 0.3) is 5.91 Å². The smallest absolute Gasteiger partial charge is 0.271 e. The predicted octanol–water partition coefficient (Wildman–Crippen LogP) is 2.68. The van der Waals surface area contributed by atoms with Gasteiger partial charge in [0, 0.05) is 18.9 Å². The van der Waals surface area contributed by atoms with Crippen LogP contribution in [0, 0.1) is 6.92 Å². The molecule has 2 aromatic heterocycles. The first kappa shape index (κ1) is 16.2. The molecule has 0 aliphatic carbocycles. The van der Waals surface area contributed by atoms with Crippen molar-refractivity contribution in [2.75, 3.05) is 20.6 Å². The molecule has 5 heteroatoms. The Balaban J connectivity index is 1.73. The lowest BCUT2D eigenvalue weighted by molar-refractivity contribution is 0.0937. The minimum absolute atomic E-state index is 0.120. The minimum Gasteiger partial charge on any atom is -0.349 e. The number of benzene rings is 1. The molecule has 24 heavy (non-hydrogen) atoms. The van der Waals surface area contributed by atoms with Crippen molar-refractivity contribution >= 4 is 11.6 Å². The molecular weight excluding hydrogens is 300 g/mol. The van der Waals surface area contributed by atoms with Gasteiger partial charge in [-0.15, -0.1) is 0 Å². The summed E-state index contributed by atoms with van der Waals surface area (Å²) in [5.41, 5.74) is 3.52. The number of fused-ring (bicyclic) bond motifs is 1. The Kier molecular flexibility index (Phi) is 4.62. The van der Waals surface area contributed by atoms with Crippen LogP contribution in [0.15, 0.2) is 54.9 Å². The lowest BCUT2D eigenvalue weighted by Gasteiger charge is -2.24. The van der Waals surface area contributed by atoms with Gasteiger partial charge in [0.15, 0.2) is 0 Å². The monoisotopic (exact) mass is 322 g/mol. The van der Waals surface area contributed by atoms with E-state index in [1.54, 1.807) is 6.20 Å². The third kappa shape index (κ3) is 3.46. The average Bonchev–Trinajstić information content (AvgIpc) is 2.98. The van der Waals surface area contributed by atoms with E-state index in [4.69, 9.17) is 0 Å². The number of aryl methyl sites for hydroxylation is 1. The van der Waals surface area contributed by atoms with Crippen molar-refractivity contribution < 1.29 is 4.79 Å². The maximum absolute atomic E-state index is 12.5. The van der Waals surface area contributed by atoms with Crippen LogP contribution in [-0.4, -0.2) is 40.8 Å². The van der Waals surface area contributed by atoms with E-state index in [2.05, 4.69) is 27.3 Å². The standard InChI is InChI=1S/C19H22N4O/c1-14-9-10-23-13-16(21-18(23)11-14)19(24)20-12-17(22(2)3)15-7-5-4-6-8-15/h4-11,13,17H,12H2,1-3H3,(H,20,24). The quantitative estimate of drug-likeness (QED) is 0.786. The summed E-state index contributed by atoms with van der Waals surface area (Å²) in [6.07, 6.45) is 3.68. The predicted molar refractivity (Wildman–Crippen MR) is 95.1 cm³/mol. The van der Waals surface area contributed by atoms with E-state index < -0.39 is 0 Å². The maximum Gasteiger partial charge on any atom is 0.271 e. The van der Waals surface area contributed by atoms with Gasteiger partial charge < -0.3 is 14.6 Å². The van der Waals surface area contributed by atoms with Crippen LogP contribution in [0.3, 0.4) is 0 Å². The van der Waals surface area contributed by atoms with Crippen molar-refractivity contribution in [1.29, 1.82) is 0 Å². The normalized spacial score (nSPS) is 12.5. The third-order valence-electron chi connectivity index (χ3n) is 4.11. The fourth-order valence-electron chi connectivity index (χ4n) is 2.75. The van der Waals surface area contributed by atoms with Crippen LogP contribution in [-0.2, 0) is 0 Å². The van der Waals surface area contributed by atoms with Crippen LogP contribution < -0.4 is 5.32 Å². The lowest BCUT2D eigenvalue weighted by atomic mass is 10.1. The van der Waals surface area contributed by atoms with Crippen molar-refractivity contribution in [2.45, 2.75) is 13.0 Å². The van der Waals surface area contributed by atoms with Crippen molar-refractivity contribution in [3.05, 3.63) is 71.7 Å². The molecule has 1 atom stereocenters. The summed E-state index contributed by atoms with van der Waals surface area (Å²) in [6, 6.07) is 14.2. The highest BCUT2D eigenvalue weighted by Gasteiger charge is 2.17. The van der Waals surface area contributed by atoms with Gasteiger partial charge in [-0.3, -0.25) is 4.79 Å². The first-order valence-electron chi connectivity index (χ1n) is 7.99. The molecule has 1 amide bonds. The van der Waals surface area contributed by atoms with E-state index in [1.165, 1.54) is 5.56 Å². The van der Waals surface area contributed by atoms with Crippen LogP contribution in [0.4, 0.5) is 0 Å². The molecule has 0 aliphatic rings. The zero-order valence-corrected chi connectivity index (χ0v) is 14.2. The molecule has 1 unspecified atom stereocenters. The van der Waals surface area contributed by atoms with E-state index in [9.17, 15) is 4.79 Å². The molecule has 3 aromatic rings. The van der Waals surface area contributed by atoms with Crippen molar-refractivity contribution in [3.8, 4) is 0 Å². The van der Waals surface area contributed by atoms with E-state index >= 15 is 0 Å². The average molecular weight is 322 g/mol. The summed E-state index contributed by atoms with van der Waals surface area (Å²) < 4.78 is 1.86. The van der Waals surface area contributed by atoms with Crippen molar-refractivity contribution in [2.24, 2.45) is 0 Å². The molecule has 0 fully saturated rings. The van der Waals surface area contributed by atoms with Gasteiger partial charge >= 0.3 is 0 Å². The maximum atomic E-state index is 12.5. The van der Waals surface area contributed by atoms with Crippen LogP contribution in [0.25, 0.3) is 5.65 Å². The number of imidazole rings is 1. The second-order valence-electron chi connectivity index (χ2n) is 6.20. The Labute approximate surface area is 141 Å². The number of carbonyl (C=O) groups is 1. The number of hydrogen-bond donors (Lipinski definition) is 1. The van der Waals surface area contributed by atoms with E-state index in [1.807, 2.05) is 61.9 Å². The SMILES string of the molecule is Cc1ccn2cc(C(=O)NCC(c3ccccc3)N(C)C)nc2c1. The number of likely N-dealkylation sites (N-methyl/N-ethyl adjacent to an activating group) is 1. The summed E-state index contributed by atoms with van der Waals surface area (Å²) in [7, 11) is 4.02. The zero-order chi connectivity index (χ0) is 17.1. The number of nitrogens with one attached hydrogen (secondary N) is 1. The molecule has 0 saturated carbocycles. The second kappa shape index (κ2) is 6.84. The van der Waals surface area contributed by atoms with Crippen LogP contribution >= 0.6 is 0 Å². The fourth-order valence-corrected chi connectivity index (χ4v) is 2.75. The molecular formula is C19H22N4O. The molecule has 3 rings (SSSR count). The number of carbonyl (C=O) groups excluding carboxylic acids is 1. The van der Waals surface area contributed by atoms with E-state index in [0.29, 0.717) is 12.2 Å². The molecule has 0 saturated heterocycles. The topological polar surface area (TPSA) is 49.6 Å². The summed E-state index contributed by atoms with van der Waals surface area (Å²) in [5.74, 6) is -0.154. The van der Waals surface area contributed by atoms with Gasteiger partial charge in [-0.1, -0.05) is 30.3 Å². The molecule has 2 heterocycles. The Bertz CT molecular complexity index is 839. The summed E-state index contributed by atoms with van der Waals surface area (Å²) >= 11 is 0. The van der Waals surface area contributed by atoms with Gasteiger partial charge in [0.1, 0.15) is 11.3 Å². The highest BCUT2D eigenvalue weighted by molar-refractivity contribution is 5.92. The van der Waals surface area contributed by atoms with Crippen molar-refractivity contribution in [1.82, 2.24) is 19.6 Å². The molecule has 1 aromatic carbocycles.